The average molecular weight is 328 g/mol. The molecule has 21 heavy (non-hydrogen) atoms. The lowest BCUT2D eigenvalue weighted by molar-refractivity contribution is -0.385. The molecule has 2 aromatic carbocycles. The van der Waals surface area contributed by atoms with Crippen LogP contribution in [0.25, 0.3) is 0 Å². The SMILES string of the molecule is O=C(O)c1ccc(Oc2cc(Cl)ccc2Cl)c([N+](=O)[O-])c1. The van der Waals surface area contributed by atoms with E-state index in [1.807, 2.05) is 0 Å². The Kier molecular flexibility index (Phi) is 4.30. The van der Waals surface area contributed by atoms with E-state index in [0.717, 1.165) is 6.07 Å². The Morgan fingerprint density at radius 3 is 2.48 bits per heavy atom. The number of carboxylic acid groups (broad SMARTS) is 1. The van der Waals surface area contributed by atoms with Crippen LogP contribution in [0, 0.1) is 10.1 Å². The summed E-state index contributed by atoms with van der Waals surface area (Å²) in [6.07, 6.45) is 0. The molecule has 0 saturated heterocycles. The van der Waals surface area contributed by atoms with Crippen LogP contribution in [0.3, 0.4) is 0 Å². The van der Waals surface area contributed by atoms with Crippen molar-refractivity contribution in [2.45, 2.75) is 0 Å². The average Bonchev–Trinajstić information content (AvgIpc) is 2.42. The minimum Gasteiger partial charge on any atom is -0.478 e. The lowest BCUT2D eigenvalue weighted by Crippen LogP contribution is -2.00. The summed E-state index contributed by atoms with van der Waals surface area (Å²) in [4.78, 5) is 21.1. The maximum Gasteiger partial charge on any atom is 0.335 e. The van der Waals surface area contributed by atoms with Crippen molar-refractivity contribution in [3.8, 4) is 11.5 Å². The topological polar surface area (TPSA) is 89.7 Å². The molecule has 108 valence electrons. The van der Waals surface area contributed by atoms with Crippen LogP contribution in [-0.2, 0) is 0 Å². The summed E-state index contributed by atoms with van der Waals surface area (Å²) in [5, 5.41) is 20.4. The standard InChI is InChI=1S/C13H7Cl2NO5/c14-8-2-3-9(15)12(6-8)21-11-4-1-7(13(17)18)5-10(11)16(19)20/h1-6H,(H,17,18). The largest absolute Gasteiger partial charge is 0.478 e. The molecule has 0 aliphatic rings. The van der Waals surface area contributed by atoms with Gasteiger partial charge >= 0.3 is 11.7 Å². The summed E-state index contributed by atoms with van der Waals surface area (Å²) in [6, 6.07) is 7.73. The summed E-state index contributed by atoms with van der Waals surface area (Å²) in [5.41, 5.74) is -0.697. The number of carbonyl (C=O) groups is 1. The van der Waals surface area contributed by atoms with Crippen LogP contribution >= 0.6 is 23.2 Å². The molecule has 0 atom stereocenters. The predicted molar refractivity (Wildman–Crippen MR) is 76.6 cm³/mol. The third kappa shape index (κ3) is 3.42. The minimum atomic E-state index is -1.27. The Morgan fingerprint density at radius 1 is 1.14 bits per heavy atom. The van der Waals surface area contributed by atoms with Gasteiger partial charge in [0.25, 0.3) is 0 Å². The molecule has 6 nitrogen and oxygen atoms in total. The maximum absolute atomic E-state index is 11.0. The molecular weight excluding hydrogens is 321 g/mol. The van der Waals surface area contributed by atoms with Crippen molar-refractivity contribution in [3.63, 3.8) is 0 Å². The molecule has 0 radical (unpaired) electrons. The van der Waals surface area contributed by atoms with Gasteiger partial charge in [-0.3, -0.25) is 10.1 Å². The Bertz CT molecular complexity index is 732. The molecule has 0 unspecified atom stereocenters. The van der Waals surface area contributed by atoms with E-state index in [-0.39, 0.29) is 22.1 Å². The van der Waals surface area contributed by atoms with E-state index < -0.39 is 16.6 Å². The molecular formula is C13H7Cl2NO5. The third-order valence-corrected chi connectivity index (χ3v) is 3.06. The zero-order valence-electron chi connectivity index (χ0n) is 10.2. The fourth-order valence-corrected chi connectivity index (χ4v) is 1.87. The van der Waals surface area contributed by atoms with Crippen molar-refractivity contribution in [2.24, 2.45) is 0 Å². The second-order valence-corrected chi connectivity index (χ2v) is 4.77. The van der Waals surface area contributed by atoms with Gasteiger partial charge in [-0.25, -0.2) is 4.79 Å². The van der Waals surface area contributed by atoms with Crippen LogP contribution in [-0.4, -0.2) is 16.0 Å². The van der Waals surface area contributed by atoms with Gasteiger partial charge in [0.2, 0.25) is 5.75 Å². The molecule has 0 heterocycles. The highest BCUT2D eigenvalue weighted by atomic mass is 35.5. The van der Waals surface area contributed by atoms with Crippen LogP contribution in [0.4, 0.5) is 5.69 Å². The molecule has 2 rings (SSSR count). The second kappa shape index (κ2) is 5.99. The molecule has 8 heteroatoms. The van der Waals surface area contributed by atoms with Crippen LogP contribution in [0.5, 0.6) is 11.5 Å². The van der Waals surface area contributed by atoms with Crippen LogP contribution in [0.15, 0.2) is 36.4 Å². The predicted octanol–water partition coefficient (Wildman–Crippen LogP) is 4.39. The van der Waals surface area contributed by atoms with Crippen LogP contribution < -0.4 is 4.74 Å². The first-order valence-electron chi connectivity index (χ1n) is 5.53. The number of carboxylic acids is 1. The Hall–Kier alpha value is -2.31. The zero-order chi connectivity index (χ0) is 15.6. The highest BCUT2D eigenvalue weighted by Gasteiger charge is 2.20. The number of halogens is 2. The number of ether oxygens (including phenoxy) is 1. The quantitative estimate of drug-likeness (QED) is 0.664. The third-order valence-electron chi connectivity index (χ3n) is 2.52. The minimum absolute atomic E-state index is 0.130. The number of hydrogen-bond acceptors (Lipinski definition) is 4. The number of aromatic carboxylic acids is 1. The van der Waals surface area contributed by atoms with E-state index in [4.69, 9.17) is 33.0 Å². The van der Waals surface area contributed by atoms with Crippen molar-refractivity contribution in [1.82, 2.24) is 0 Å². The lowest BCUT2D eigenvalue weighted by Gasteiger charge is -2.08. The van der Waals surface area contributed by atoms with Crippen molar-refractivity contribution >= 4 is 34.9 Å². The van der Waals surface area contributed by atoms with E-state index in [1.54, 1.807) is 6.07 Å². The molecule has 0 aliphatic carbocycles. The summed E-state index contributed by atoms with van der Waals surface area (Å²) < 4.78 is 5.37. The highest BCUT2D eigenvalue weighted by Crippen LogP contribution is 2.36. The number of rotatable bonds is 4. The van der Waals surface area contributed by atoms with Gasteiger partial charge in [-0.15, -0.1) is 0 Å². The smallest absolute Gasteiger partial charge is 0.335 e. The lowest BCUT2D eigenvalue weighted by atomic mass is 10.2. The van der Waals surface area contributed by atoms with Crippen LogP contribution in [0.1, 0.15) is 10.4 Å². The Labute approximate surface area is 128 Å². The van der Waals surface area contributed by atoms with Gasteiger partial charge in [-0.1, -0.05) is 23.2 Å². The first kappa shape index (κ1) is 15.1. The fraction of sp³-hybridized carbons (Fsp3) is 0. The van der Waals surface area contributed by atoms with Gasteiger partial charge in [0.1, 0.15) is 5.75 Å². The molecule has 0 fully saturated rings. The Morgan fingerprint density at radius 2 is 1.86 bits per heavy atom. The van der Waals surface area contributed by atoms with E-state index in [0.29, 0.717) is 5.02 Å². The molecule has 0 amide bonds. The maximum atomic E-state index is 11.0. The van der Waals surface area contributed by atoms with Crippen molar-refractivity contribution in [1.29, 1.82) is 0 Å². The summed E-state index contributed by atoms with van der Waals surface area (Å²) >= 11 is 11.7. The molecule has 0 spiro atoms. The van der Waals surface area contributed by atoms with Gasteiger partial charge in [0.05, 0.1) is 15.5 Å². The fourth-order valence-electron chi connectivity index (χ4n) is 1.55. The first-order valence-corrected chi connectivity index (χ1v) is 6.28. The number of nitro benzene ring substituents is 1. The van der Waals surface area contributed by atoms with Gasteiger partial charge in [-0.2, -0.15) is 0 Å². The van der Waals surface area contributed by atoms with E-state index in [1.165, 1.54) is 24.3 Å². The van der Waals surface area contributed by atoms with Gasteiger partial charge in [0.15, 0.2) is 0 Å². The van der Waals surface area contributed by atoms with Gasteiger partial charge in [0, 0.05) is 17.2 Å². The summed E-state index contributed by atoms with van der Waals surface area (Å²) in [5.74, 6) is -1.27. The van der Waals surface area contributed by atoms with E-state index in [2.05, 4.69) is 0 Å². The zero-order valence-corrected chi connectivity index (χ0v) is 11.8. The second-order valence-electron chi connectivity index (χ2n) is 3.92. The van der Waals surface area contributed by atoms with Crippen LogP contribution in [0.2, 0.25) is 10.0 Å². The molecule has 0 aliphatic heterocycles. The molecule has 0 saturated carbocycles. The monoisotopic (exact) mass is 327 g/mol. The van der Waals surface area contributed by atoms with E-state index >= 15 is 0 Å². The Balaban J connectivity index is 2.46. The highest BCUT2D eigenvalue weighted by molar-refractivity contribution is 6.34. The number of hydrogen-bond donors (Lipinski definition) is 1. The van der Waals surface area contributed by atoms with E-state index in [9.17, 15) is 14.9 Å². The number of nitrogens with zero attached hydrogens (tertiary/aromatic N) is 1. The number of benzene rings is 2. The molecule has 2 aromatic rings. The van der Waals surface area contributed by atoms with Crippen molar-refractivity contribution in [2.75, 3.05) is 0 Å². The van der Waals surface area contributed by atoms with Crippen molar-refractivity contribution < 1.29 is 19.6 Å². The summed E-state index contributed by atoms with van der Waals surface area (Å²) in [7, 11) is 0. The molecule has 0 aromatic heterocycles. The van der Waals surface area contributed by atoms with Crippen molar-refractivity contribution in [3.05, 3.63) is 62.1 Å². The molecule has 1 N–H and O–H groups in total. The van der Waals surface area contributed by atoms with Gasteiger partial charge < -0.3 is 9.84 Å². The normalized spacial score (nSPS) is 10.2. The number of nitro groups is 1. The molecule has 0 bridgehead atoms. The van der Waals surface area contributed by atoms with Gasteiger partial charge in [-0.05, 0) is 24.3 Å². The first-order chi connectivity index (χ1) is 9.88. The summed E-state index contributed by atoms with van der Waals surface area (Å²) in [6.45, 7) is 0.